The van der Waals surface area contributed by atoms with E-state index in [-0.39, 0.29) is 0 Å². The van der Waals surface area contributed by atoms with Crippen molar-refractivity contribution in [2.75, 3.05) is 20.3 Å². The molecular formula is C11H17NO. The van der Waals surface area contributed by atoms with Gasteiger partial charge < -0.3 is 10.1 Å². The first-order valence-electron chi connectivity index (χ1n) is 4.67. The van der Waals surface area contributed by atoms with Crippen LogP contribution in [0, 0.1) is 0 Å². The molecule has 0 heterocycles. The molecule has 2 heteroatoms. The van der Waals surface area contributed by atoms with Gasteiger partial charge in [-0.15, -0.1) is 0 Å². The third kappa shape index (κ3) is 4.65. The van der Waals surface area contributed by atoms with E-state index in [0.717, 1.165) is 26.1 Å². The van der Waals surface area contributed by atoms with Crippen LogP contribution in [0.25, 0.3) is 0 Å². The number of rotatable bonds is 6. The summed E-state index contributed by atoms with van der Waals surface area (Å²) in [5.41, 5.74) is 1.33. The SMILES string of the molecule is COCCCNCc1ccccc1. The molecule has 1 N–H and O–H groups in total. The fraction of sp³-hybridized carbons (Fsp3) is 0.455. The highest BCUT2D eigenvalue weighted by molar-refractivity contribution is 5.14. The highest BCUT2D eigenvalue weighted by Gasteiger charge is 1.89. The minimum absolute atomic E-state index is 0.835. The van der Waals surface area contributed by atoms with Gasteiger partial charge in [-0.1, -0.05) is 30.3 Å². The highest BCUT2D eigenvalue weighted by atomic mass is 16.5. The second-order valence-corrected chi connectivity index (χ2v) is 3.01. The molecule has 1 aromatic carbocycles. The van der Waals surface area contributed by atoms with Gasteiger partial charge in [-0.25, -0.2) is 0 Å². The molecule has 0 aliphatic heterocycles. The Balaban J connectivity index is 2.07. The average molecular weight is 179 g/mol. The second-order valence-electron chi connectivity index (χ2n) is 3.01. The molecule has 0 fully saturated rings. The standard InChI is InChI=1S/C11H17NO/c1-13-9-5-8-12-10-11-6-3-2-4-7-11/h2-4,6-7,12H,5,8-10H2,1H3. The summed E-state index contributed by atoms with van der Waals surface area (Å²) in [5, 5.41) is 3.36. The van der Waals surface area contributed by atoms with Gasteiger partial charge in [-0.2, -0.15) is 0 Å². The molecule has 0 atom stereocenters. The van der Waals surface area contributed by atoms with Crippen molar-refractivity contribution in [3.8, 4) is 0 Å². The fourth-order valence-corrected chi connectivity index (χ4v) is 1.17. The molecule has 2 nitrogen and oxygen atoms in total. The van der Waals surface area contributed by atoms with Crippen molar-refractivity contribution in [1.29, 1.82) is 0 Å². The monoisotopic (exact) mass is 179 g/mol. The molecule has 0 amide bonds. The Morgan fingerprint density at radius 3 is 2.69 bits per heavy atom. The highest BCUT2D eigenvalue weighted by Crippen LogP contribution is 1.96. The third-order valence-electron chi connectivity index (χ3n) is 1.87. The topological polar surface area (TPSA) is 21.3 Å². The van der Waals surface area contributed by atoms with Crippen LogP contribution in [0.5, 0.6) is 0 Å². The van der Waals surface area contributed by atoms with Crippen molar-refractivity contribution in [1.82, 2.24) is 5.32 Å². The lowest BCUT2D eigenvalue weighted by Gasteiger charge is -2.03. The van der Waals surface area contributed by atoms with Gasteiger partial charge in [-0.3, -0.25) is 0 Å². The van der Waals surface area contributed by atoms with Crippen molar-refractivity contribution < 1.29 is 4.74 Å². The summed E-state index contributed by atoms with van der Waals surface area (Å²) in [7, 11) is 1.73. The molecule has 0 bridgehead atoms. The molecule has 0 aromatic heterocycles. The zero-order chi connectivity index (χ0) is 9.36. The molecule has 0 radical (unpaired) electrons. The van der Waals surface area contributed by atoms with Crippen molar-refractivity contribution in [2.24, 2.45) is 0 Å². The molecule has 0 unspecified atom stereocenters. The van der Waals surface area contributed by atoms with E-state index in [2.05, 4.69) is 29.6 Å². The third-order valence-corrected chi connectivity index (χ3v) is 1.87. The predicted molar refractivity (Wildman–Crippen MR) is 54.6 cm³/mol. The molecule has 0 aliphatic carbocycles. The molecule has 0 aliphatic rings. The molecule has 72 valence electrons. The van der Waals surface area contributed by atoms with E-state index in [1.54, 1.807) is 7.11 Å². The molecule has 0 spiro atoms. The first-order chi connectivity index (χ1) is 6.43. The number of ether oxygens (including phenoxy) is 1. The van der Waals surface area contributed by atoms with Crippen LogP contribution >= 0.6 is 0 Å². The van der Waals surface area contributed by atoms with Crippen LogP contribution in [0.4, 0.5) is 0 Å². The molecule has 0 saturated heterocycles. The number of nitrogens with one attached hydrogen (secondary N) is 1. The van der Waals surface area contributed by atoms with Crippen LogP contribution in [-0.4, -0.2) is 20.3 Å². The van der Waals surface area contributed by atoms with Crippen molar-refractivity contribution in [3.63, 3.8) is 0 Å². The quantitative estimate of drug-likeness (QED) is 0.672. The number of methoxy groups -OCH3 is 1. The Morgan fingerprint density at radius 2 is 2.00 bits per heavy atom. The van der Waals surface area contributed by atoms with Crippen LogP contribution in [0.15, 0.2) is 30.3 Å². The predicted octanol–water partition coefficient (Wildman–Crippen LogP) is 1.81. The van der Waals surface area contributed by atoms with Crippen LogP contribution in [0.3, 0.4) is 0 Å². The van der Waals surface area contributed by atoms with Crippen LogP contribution in [0.2, 0.25) is 0 Å². The fourth-order valence-electron chi connectivity index (χ4n) is 1.17. The molecule has 1 aromatic rings. The van der Waals surface area contributed by atoms with Gasteiger partial charge in [0.15, 0.2) is 0 Å². The van der Waals surface area contributed by atoms with Gasteiger partial charge in [-0.05, 0) is 18.5 Å². The van der Waals surface area contributed by atoms with Crippen molar-refractivity contribution in [3.05, 3.63) is 35.9 Å². The smallest absolute Gasteiger partial charge is 0.0474 e. The minimum Gasteiger partial charge on any atom is -0.385 e. The molecular weight excluding hydrogens is 162 g/mol. The first-order valence-corrected chi connectivity index (χ1v) is 4.67. The van der Waals surface area contributed by atoms with Crippen molar-refractivity contribution >= 4 is 0 Å². The summed E-state index contributed by atoms with van der Waals surface area (Å²) in [6.07, 6.45) is 1.07. The largest absolute Gasteiger partial charge is 0.385 e. The number of benzene rings is 1. The maximum absolute atomic E-state index is 4.95. The summed E-state index contributed by atoms with van der Waals surface area (Å²) in [6.45, 7) is 2.80. The first kappa shape index (κ1) is 10.2. The van der Waals surface area contributed by atoms with Gasteiger partial charge in [0.25, 0.3) is 0 Å². The van der Waals surface area contributed by atoms with Crippen LogP contribution in [0.1, 0.15) is 12.0 Å². The second kappa shape index (κ2) is 6.63. The maximum atomic E-state index is 4.95. The van der Waals surface area contributed by atoms with Crippen LogP contribution in [-0.2, 0) is 11.3 Å². The Labute approximate surface area is 79.9 Å². The molecule has 0 saturated carbocycles. The van der Waals surface area contributed by atoms with E-state index >= 15 is 0 Å². The van der Waals surface area contributed by atoms with E-state index in [4.69, 9.17) is 4.74 Å². The minimum atomic E-state index is 0.835. The van der Waals surface area contributed by atoms with E-state index < -0.39 is 0 Å². The lowest BCUT2D eigenvalue weighted by molar-refractivity contribution is 0.194. The van der Waals surface area contributed by atoms with Gasteiger partial charge >= 0.3 is 0 Å². The van der Waals surface area contributed by atoms with Crippen molar-refractivity contribution in [2.45, 2.75) is 13.0 Å². The van der Waals surface area contributed by atoms with Gasteiger partial charge in [0, 0.05) is 20.3 Å². The summed E-state index contributed by atoms with van der Waals surface area (Å²) in [6, 6.07) is 10.4. The van der Waals surface area contributed by atoms with Gasteiger partial charge in [0.05, 0.1) is 0 Å². The maximum Gasteiger partial charge on any atom is 0.0474 e. The van der Waals surface area contributed by atoms with Crippen LogP contribution < -0.4 is 5.32 Å². The van der Waals surface area contributed by atoms with E-state index in [1.165, 1.54) is 5.56 Å². The Kier molecular flexibility index (Phi) is 5.22. The average Bonchev–Trinajstić information content (AvgIpc) is 2.19. The Hall–Kier alpha value is -0.860. The number of hydrogen-bond donors (Lipinski definition) is 1. The number of hydrogen-bond acceptors (Lipinski definition) is 2. The lowest BCUT2D eigenvalue weighted by Crippen LogP contribution is -2.15. The molecule has 13 heavy (non-hydrogen) atoms. The zero-order valence-corrected chi connectivity index (χ0v) is 8.12. The Morgan fingerprint density at radius 1 is 1.23 bits per heavy atom. The van der Waals surface area contributed by atoms with E-state index in [1.807, 2.05) is 6.07 Å². The Bertz CT molecular complexity index is 211. The summed E-state index contributed by atoms with van der Waals surface area (Å²) in [4.78, 5) is 0. The summed E-state index contributed by atoms with van der Waals surface area (Å²) >= 11 is 0. The van der Waals surface area contributed by atoms with E-state index in [0.29, 0.717) is 0 Å². The summed E-state index contributed by atoms with van der Waals surface area (Å²) in [5.74, 6) is 0. The summed E-state index contributed by atoms with van der Waals surface area (Å²) < 4.78 is 4.95. The lowest BCUT2D eigenvalue weighted by atomic mass is 10.2. The van der Waals surface area contributed by atoms with E-state index in [9.17, 15) is 0 Å². The zero-order valence-electron chi connectivity index (χ0n) is 8.12. The van der Waals surface area contributed by atoms with Gasteiger partial charge in [0.2, 0.25) is 0 Å². The normalized spacial score (nSPS) is 10.2. The van der Waals surface area contributed by atoms with Gasteiger partial charge in [0.1, 0.15) is 0 Å². The molecule has 1 rings (SSSR count).